The molecule has 3 amide bonds. The van der Waals surface area contributed by atoms with Crippen LogP contribution in [0.5, 0.6) is 0 Å². The molecule has 0 atom stereocenters. The summed E-state index contributed by atoms with van der Waals surface area (Å²) in [5.41, 5.74) is -0.942. The van der Waals surface area contributed by atoms with Crippen LogP contribution in [-0.2, 0) is 14.4 Å². The van der Waals surface area contributed by atoms with E-state index in [0.29, 0.717) is 12.3 Å². The van der Waals surface area contributed by atoms with E-state index in [9.17, 15) is 14.4 Å². The monoisotopic (exact) mass is 239 g/mol. The lowest BCUT2D eigenvalue weighted by atomic mass is 9.94. The summed E-state index contributed by atoms with van der Waals surface area (Å²) in [7, 11) is 0. The molecule has 0 bridgehead atoms. The maximum atomic E-state index is 12.1. The third-order valence-corrected chi connectivity index (χ3v) is 3.42. The molecular formula is C11H17N3O3. The minimum absolute atomic E-state index is 0.0300. The summed E-state index contributed by atoms with van der Waals surface area (Å²) in [5.74, 6) is -0.605. The molecule has 17 heavy (non-hydrogen) atoms. The van der Waals surface area contributed by atoms with Crippen LogP contribution < -0.4 is 10.6 Å². The van der Waals surface area contributed by atoms with Gasteiger partial charge in [0.15, 0.2) is 0 Å². The normalized spacial score (nSPS) is 24.2. The second-order valence-corrected chi connectivity index (χ2v) is 5.14. The largest absolute Gasteiger partial charge is 0.319 e. The molecule has 6 heteroatoms. The molecule has 0 spiro atoms. The number of piperazine rings is 1. The summed E-state index contributed by atoms with van der Waals surface area (Å²) in [6, 6.07) is 0. The van der Waals surface area contributed by atoms with Gasteiger partial charge in [0, 0.05) is 6.42 Å². The molecule has 2 rings (SSSR count). The van der Waals surface area contributed by atoms with Crippen molar-refractivity contribution in [3.05, 3.63) is 0 Å². The first-order valence-corrected chi connectivity index (χ1v) is 5.76. The molecule has 0 aliphatic carbocycles. The van der Waals surface area contributed by atoms with Gasteiger partial charge in [-0.3, -0.25) is 19.7 Å². The predicted molar refractivity (Wildman–Crippen MR) is 59.9 cm³/mol. The molecule has 2 saturated heterocycles. The molecular weight excluding hydrogens is 222 g/mol. The van der Waals surface area contributed by atoms with E-state index in [0.717, 1.165) is 13.1 Å². The van der Waals surface area contributed by atoms with Gasteiger partial charge in [-0.15, -0.1) is 0 Å². The van der Waals surface area contributed by atoms with Gasteiger partial charge in [-0.05, 0) is 32.9 Å². The first-order valence-electron chi connectivity index (χ1n) is 5.76. The van der Waals surface area contributed by atoms with Crippen LogP contribution in [0.1, 0.15) is 20.3 Å². The van der Waals surface area contributed by atoms with Crippen LogP contribution in [0, 0.1) is 5.92 Å². The lowest BCUT2D eigenvalue weighted by Gasteiger charge is -2.41. The number of rotatable bonds is 2. The fraction of sp³-hybridized carbons (Fsp3) is 0.727. The van der Waals surface area contributed by atoms with Crippen LogP contribution in [-0.4, -0.2) is 47.8 Å². The molecule has 2 aliphatic heterocycles. The Labute approximate surface area is 99.7 Å². The van der Waals surface area contributed by atoms with Crippen molar-refractivity contribution >= 4 is 17.7 Å². The standard InChI is InChI=1S/C11H17N3O3/c1-11(2)10(17)13-8(15)6-14(11)9(16)3-7-4-12-5-7/h7,12H,3-6H2,1-2H3,(H,13,15,17). The Kier molecular flexibility index (Phi) is 2.91. The Balaban J connectivity index is 2.08. The van der Waals surface area contributed by atoms with Crippen molar-refractivity contribution in [2.24, 2.45) is 5.92 Å². The summed E-state index contributed by atoms with van der Waals surface area (Å²) in [5, 5.41) is 5.34. The van der Waals surface area contributed by atoms with Gasteiger partial charge in [0.1, 0.15) is 12.1 Å². The molecule has 2 fully saturated rings. The van der Waals surface area contributed by atoms with Gasteiger partial charge in [0.05, 0.1) is 0 Å². The van der Waals surface area contributed by atoms with Crippen LogP contribution in [0.15, 0.2) is 0 Å². The highest BCUT2D eigenvalue weighted by molar-refractivity contribution is 6.06. The summed E-state index contributed by atoms with van der Waals surface area (Å²) in [6.45, 7) is 4.95. The second-order valence-electron chi connectivity index (χ2n) is 5.14. The molecule has 0 radical (unpaired) electrons. The maximum Gasteiger partial charge on any atom is 0.252 e. The molecule has 94 valence electrons. The van der Waals surface area contributed by atoms with Gasteiger partial charge < -0.3 is 10.2 Å². The number of carbonyl (C=O) groups is 3. The van der Waals surface area contributed by atoms with Gasteiger partial charge in [0.2, 0.25) is 11.8 Å². The molecule has 0 aromatic heterocycles. The Morgan fingerprint density at radius 2 is 2.06 bits per heavy atom. The number of nitrogens with zero attached hydrogens (tertiary/aromatic N) is 1. The lowest BCUT2D eigenvalue weighted by Crippen LogP contribution is -2.65. The van der Waals surface area contributed by atoms with Crippen LogP contribution in [0.3, 0.4) is 0 Å². The number of hydrogen-bond acceptors (Lipinski definition) is 4. The number of carbonyl (C=O) groups excluding carboxylic acids is 3. The highest BCUT2D eigenvalue weighted by Crippen LogP contribution is 2.21. The van der Waals surface area contributed by atoms with E-state index in [1.807, 2.05) is 0 Å². The molecule has 0 aromatic carbocycles. The quantitative estimate of drug-likeness (QED) is 0.597. The zero-order valence-corrected chi connectivity index (χ0v) is 10.1. The molecule has 0 saturated carbocycles. The van der Waals surface area contributed by atoms with Crippen molar-refractivity contribution < 1.29 is 14.4 Å². The fourth-order valence-corrected chi connectivity index (χ4v) is 2.03. The topological polar surface area (TPSA) is 78.5 Å². The first kappa shape index (κ1) is 12.0. The smallest absolute Gasteiger partial charge is 0.252 e. The van der Waals surface area contributed by atoms with Gasteiger partial charge in [-0.2, -0.15) is 0 Å². The third kappa shape index (κ3) is 2.17. The van der Waals surface area contributed by atoms with E-state index in [-0.39, 0.29) is 12.5 Å². The zero-order chi connectivity index (χ0) is 12.6. The highest BCUT2D eigenvalue weighted by atomic mass is 16.2. The number of nitrogens with one attached hydrogen (secondary N) is 2. The van der Waals surface area contributed by atoms with E-state index in [4.69, 9.17) is 0 Å². The van der Waals surface area contributed by atoms with E-state index < -0.39 is 17.4 Å². The Morgan fingerprint density at radius 3 is 2.59 bits per heavy atom. The summed E-state index contributed by atoms with van der Waals surface area (Å²) in [6.07, 6.45) is 0.400. The van der Waals surface area contributed by atoms with Crippen molar-refractivity contribution in [2.75, 3.05) is 19.6 Å². The van der Waals surface area contributed by atoms with Gasteiger partial charge >= 0.3 is 0 Å². The number of hydrogen-bond donors (Lipinski definition) is 2. The van der Waals surface area contributed by atoms with Crippen LogP contribution in [0.25, 0.3) is 0 Å². The molecule has 0 unspecified atom stereocenters. The number of imide groups is 1. The molecule has 2 N–H and O–H groups in total. The van der Waals surface area contributed by atoms with E-state index >= 15 is 0 Å². The van der Waals surface area contributed by atoms with E-state index in [1.165, 1.54) is 4.90 Å². The average Bonchev–Trinajstić information content (AvgIpc) is 2.17. The highest BCUT2D eigenvalue weighted by Gasteiger charge is 2.43. The second kappa shape index (κ2) is 4.10. The minimum Gasteiger partial charge on any atom is -0.319 e. The van der Waals surface area contributed by atoms with Crippen molar-refractivity contribution in [1.82, 2.24) is 15.5 Å². The molecule has 6 nitrogen and oxygen atoms in total. The molecule has 2 aliphatic rings. The zero-order valence-electron chi connectivity index (χ0n) is 10.1. The predicted octanol–water partition coefficient (Wildman–Crippen LogP) is -1.14. The van der Waals surface area contributed by atoms with Crippen LogP contribution >= 0.6 is 0 Å². The fourth-order valence-electron chi connectivity index (χ4n) is 2.03. The summed E-state index contributed by atoms with van der Waals surface area (Å²) < 4.78 is 0. The van der Waals surface area contributed by atoms with Gasteiger partial charge in [-0.25, -0.2) is 0 Å². The molecule has 0 aromatic rings. The Morgan fingerprint density at radius 1 is 1.41 bits per heavy atom. The summed E-state index contributed by atoms with van der Waals surface area (Å²) in [4.78, 5) is 36.4. The van der Waals surface area contributed by atoms with Crippen LogP contribution in [0.2, 0.25) is 0 Å². The minimum atomic E-state index is -0.942. The Bertz CT molecular complexity index is 374. The summed E-state index contributed by atoms with van der Waals surface area (Å²) >= 11 is 0. The lowest BCUT2D eigenvalue weighted by molar-refractivity contribution is -0.156. The van der Waals surface area contributed by atoms with E-state index in [1.54, 1.807) is 13.8 Å². The van der Waals surface area contributed by atoms with Crippen molar-refractivity contribution in [2.45, 2.75) is 25.8 Å². The number of amides is 3. The first-order chi connectivity index (χ1) is 7.91. The van der Waals surface area contributed by atoms with Crippen molar-refractivity contribution in [3.8, 4) is 0 Å². The third-order valence-electron chi connectivity index (χ3n) is 3.42. The average molecular weight is 239 g/mol. The van der Waals surface area contributed by atoms with E-state index in [2.05, 4.69) is 10.6 Å². The SMILES string of the molecule is CC1(C)C(=O)NC(=O)CN1C(=O)CC1CNC1. The van der Waals surface area contributed by atoms with Crippen molar-refractivity contribution in [3.63, 3.8) is 0 Å². The maximum absolute atomic E-state index is 12.1. The van der Waals surface area contributed by atoms with Crippen molar-refractivity contribution in [1.29, 1.82) is 0 Å². The van der Waals surface area contributed by atoms with Crippen LogP contribution in [0.4, 0.5) is 0 Å². The van der Waals surface area contributed by atoms with Gasteiger partial charge in [-0.1, -0.05) is 0 Å². The van der Waals surface area contributed by atoms with Gasteiger partial charge in [0.25, 0.3) is 5.91 Å². The molecule has 2 heterocycles. The Hall–Kier alpha value is -1.43.